The molecule has 0 aliphatic carbocycles. The zero-order chi connectivity index (χ0) is 13.7. The number of hydrogen-bond acceptors (Lipinski definition) is 2. The van der Waals surface area contributed by atoms with E-state index in [0.29, 0.717) is 19.8 Å². The molecular weight excluding hydrogens is 309 g/mol. The molecule has 0 aliphatic rings. The Kier molecular flexibility index (Phi) is 5.07. The van der Waals surface area contributed by atoms with Crippen molar-refractivity contribution in [3.63, 3.8) is 0 Å². The van der Waals surface area contributed by atoms with Crippen molar-refractivity contribution in [3.05, 3.63) is 69.4 Å². The van der Waals surface area contributed by atoms with Gasteiger partial charge in [-0.25, -0.2) is 4.39 Å². The monoisotopic (exact) mass is 323 g/mol. The predicted octanol–water partition coefficient (Wildman–Crippen LogP) is 3.76. The van der Waals surface area contributed by atoms with Crippen LogP contribution >= 0.6 is 15.9 Å². The number of benzene rings is 2. The average Bonchev–Trinajstić information content (AvgIpc) is 2.40. The van der Waals surface area contributed by atoms with E-state index in [4.69, 9.17) is 10.5 Å². The Balaban J connectivity index is 1.96. The molecule has 2 aromatic rings. The van der Waals surface area contributed by atoms with Gasteiger partial charge in [-0.3, -0.25) is 0 Å². The Morgan fingerprint density at radius 2 is 1.89 bits per heavy atom. The third-order valence-electron chi connectivity index (χ3n) is 2.80. The molecular formula is C15H15BrFNO. The van der Waals surface area contributed by atoms with Crippen LogP contribution < -0.4 is 5.73 Å². The van der Waals surface area contributed by atoms with E-state index in [1.807, 2.05) is 24.3 Å². The number of halogens is 2. The van der Waals surface area contributed by atoms with Crippen LogP contribution in [-0.4, -0.2) is 0 Å². The summed E-state index contributed by atoms with van der Waals surface area (Å²) >= 11 is 3.42. The summed E-state index contributed by atoms with van der Waals surface area (Å²) in [4.78, 5) is 0. The van der Waals surface area contributed by atoms with Gasteiger partial charge in [-0.2, -0.15) is 0 Å². The molecule has 0 aliphatic heterocycles. The molecule has 0 fully saturated rings. The highest BCUT2D eigenvalue weighted by atomic mass is 79.9. The fourth-order valence-electron chi connectivity index (χ4n) is 1.83. The van der Waals surface area contributed by atoms with Crippen LogP contribution in [0.15, 0.2) is 46.9 Å². The van der Waals surface area contributed by atoms with E-state index in [-0.39, 0.29) is 5.82 Å². The van der Waals surface area contributed by atoms with Crippen LogP contribution in [0.25, 0.3) is 0 Å². The van der Waals surface area contributed by atoms with E-state index >= 15 is 0 Å². The topological polar surface area (TPSA) is 35.2 Å². The normalized spacial score (nSPS) is 10.7. The van der Waals surface area contributed by atoms with Crippen LogP contribution in [0, 0.1) is 5.82 Å². The van der Waals surface area contributed by atoms with Crippen molar-refractivity contribution in [2.45, 2.75) is 19.8 Å². The number of rotatable bonds is 5. The van der Waals surface area contributed by atoms with Crippen molar-refractivity contribution in [2.75, 3.05) is 0 Å². The third kappa shape index (κ3) is 4.13. The van der Waals surface area contributed by atoms with Gasteiger partial charge in [0.25, 0.3) is 0 Å². The van der Waals surface area contributed by atoms with Gasteiger partial charge in [-0.15, -0.1) is 0 Å². The molecule has 19 heavy (non-hydrogen) atoms. The summed E-state index contributed by atoms with van der Waals surface area (Å²) in [5.41, 5.74) is 8.40. The van der Waals surface area contributed by atoms with Crippen molar-refractivity contribution < 1.29 is 9.13 Å². The molecule has 100 valence electrons. The summed E-state index contributed by atoms with van der Waals surface area (Å²) in [6.45, 7) is 1.26. The van der Waals surface area contributed by atoms with Crippen LogP contribution in [0.2, 0.25) is 0 Å². The quantitative estimate of drug-likeness (QED) is 0.909. The number of nitrogens with two attached hydrogens (primary N) is 1. The van der Waals surface area contributed by atoms with Crippen LogP contribution in [-0.2, 0) is 24.5 Å². The molecule has 0 radical (unpaired) electrons. The first-order chi connectivity index (χ1) is 9.19. The molecule has 0 heterocycles. The summed E-state index contributed by atoms with van der Waals surface area (Å²) in [5, 5.41) is 0. The van der Waals surface area contributed by atoms with E-state index in [9.17, 15) is 4.39 Å². The highest BCUT2D eigenvalue weighted by molar-refractivity contribution is 9.10. The first kappa shape index (κ1) is 14.2. The Morgan fingerprint density at radius 1 is 1.05 bits per heavy atom. The van der Waals surface area contributed by atoms with E-state index in [1.165, 1.54) is 12.1 Å². The third-order valence-corrected chi connectivity index (χ3v) is 3.30. The largest absolute Gasteiger partial charge is 0.372 e. The maximum atomic E-state index is 13.1. The maximum absolute atomic E-state index is 13.1. The smallest absolute Gasteiger partial charge is 0.123 e. The maximum Gasteiger partial charge on any atom is 0.123 e. The minimum absolute atomic E-state index is 0.267. The number of hydrogen-bond donors (Lipinski definition) is 1. The first-order valence-electron chi connectivity index (χ1n) is 5.98. The predicted molar refractivity (Wildman–Crippen MR) is 76.9 cm³/mol. The Labute approximate surface area is 120 Å². The molecule has 2 aromatic carbocycles. The number of ether oxygens (including phenoxy) is 1. The van der Waals surface area contributed by atoms with Crippen molar-refractivity contribution in [1.82, 2.24) is 0 Å². The summed E-state index contributed by atoms with van der Waals surface area (Å²) in [6, 6.07) is 12.5. The highest BCUT2D eigenvalue weighted by Crippen LogP contribution is 2.15. The molecule has 2 N–H and O–H groups in total. The Bertz CT molecular complexity index is 560. The molecule has 0 atom stereocenters. The average molecular weight is 324 g/mol. The van der Waals surface area contributed by atoms with Crippen LogP contribution in [0.3, 0.4) is 0 Å². The molecule has 2 nitrogen and oxygen atoms in total. The minimum atomic E-state index is -0.267. The summed E-state index contributed by atoms with van der Waals surface area (Å²) in [7, 11) is 0. The van der Waals surface area contributed by atoms with Gasteiger partial charge in [-0.1, -0.05) is 34.1 Å². The summed E-state index contributed by atoms with van der Waals surface area (Å²) in [5.74, 6) is -0.267. The molecule has 0 amide bonds. The zero-order valence-corrected chi connectivity index (χ0v) is 12.0. The summed E-state index contributed by atoms with van der Waals surface area (Å²) < 4.78 is 19.7. The Morgan fingerprint density at radius 3 is 2.63 bits per heavy atom. The zero-order valence-electron chi connectivity index (χ0n) is 10.4. The standard InChI is InChI=1S/C15H15BrFNO/c16-14-3-1-2-11(6-14)9-19-10-12-4-5-15(17)7-13(12)8-18/h1-7H,8-10,18H2. The van der Waals surface area contributed by atoms with Gasteiger partial charge in [0, 0.05) is 11.0 Å². The molecule has 0 unspecified atom stereocenters. The molecule has 2 rings (SSSR count). The Hall–Kier alpha value is -1.23. The van der Waals surface area contributed by atoms with Gasteiger partial charge >= 0.3 is 0 Å². The molecule has 0 saturated carbocycles. The lowest BCUT2D eigenvalue weighted by Crippen LogP contribution is -2.04. The second-order valence-electron chi connectivity index (χ2n) is 4.24. The molecule has 4 heteroatoms. The second-order valence-corrected chi connectivity index (χ2v) is 5.16. The van der Waals surface area contributed by atoms with Gasteiger partial charge < -0.3 is 10.5 Å². The van der Waals surface area contributed by atoms with Crippen molar-refractivity contribution in [1.29, 1.82) is 0 Å². The van der Waals surface area contributed by atoms with Crippen molar-refractivity contribution >= 4 is 15.9 Å². The van der Waals surface area contributed by atoms with Gasteiger partial charge in [0.1, 0.15) is 5.82 Å². The fraction of sp³-hybridized carbons (Fsp3) is 0.200. The highest BCUT2D eigenvalue weighted by Gasteiger charge is 2.03. The lowest BCUT2D eigenvalue weighted by molar-refractivity contribution is 0.106. The molecule has 0 aromatic heterocycles. The van der Waals surface area contributed by atoms with Crippen LogP contribution in [0.5, 0.6) is 0 Å². The SMILES string of the molecule is NCc1cc(F)ccc1COCc1cccc(Br)c1. The fourth-order valence-corrected chi connectivity index (χ4v) is 2.28. The van der Waals surface area contributed by atoms with E-state index < -0.39 is 0 Å². The molecule has 0 saturated heterocycles. The van der Waals surface area contributed by atoms with Crippen molar-refractivity contribution in [3.8, 4) is 0 Å². The molecule has 0 spiro atoms. The molecule has 0 bridgehead atoms. The van der Waals surface area contributed by atoms with Crippen molar-refractivity contribution in [2.24, 2.45) is 5.73 Å². The van der Waals surface area contributed by atoms with Crippen LogP contribution in [0.4, 0.5) is 4.39 Å². The van der Waals surface area contributed by atoms with Gasteiger partial charge in [0.15, 0.2) is 0 Å². The van der Waals surface area contributed by atoms with E-state index in [2.05, 4.69) is 15.9 Å². The van der Waals surface area contributed by atoms with Gasteiger partial charge in [0.2, 0.25) is 0 Å². The lowest BCUT2D eigenvalue weighted by Gasteiger charge is -2.09. The van der Waals surface area contributed by atoms with Crippen LogP contribution in [0.1, 0.15) is 16.7 Å². The lowest BCUT2D eigenvalue weighted by atomic mass is 10.1. The van der Waals surface area contributed by atoms with Gasteiger partial charge in [0.05, 0.1) is 13.2 Å². The van der Waals surface area contributed by atoms with E-state index in [0.717, 1.165) is 21.2 Å². The van der Waals surface area contributed by atoms with E-state index in [1.54, 1.807) is 6.07 Å². The summed E-state index contributed by atoms with van der Waals surface area (Å²) in [6.07, 6.45) is 0. The minimum Gasteiger partial charge on any atom is -0.372 e. The first-order valence-corrected chi connectivity index (χ1v) is 6.78. The second kappa shape index (κ2) is 6.80. The van der Waals surface area contributed by atoms with Gasteiger partial charge in [-0.05, 0) is 41.0 Å².